The second-order valence-electron chi connectivity index (χ2n) is 4.25. The third-order valence-corrected chi connectivity index (χ3v) is 4.60. The van der Waals surface area contributed by atoms with Crippen LogP contribution >= 0.6 is 0 Å². The lowest BCUT2D eigenvalue weighted by molar-refractivity contribution is 0.0236. The van der Waals surface area contributed by atoms with E-state index in [9.17, 15) is 8.42 Å². The topological polar surface area (TPSA) is 80.3 Å². The number of sulfonamides is 1. The van der Waals surface area contributed by atoms with Crippen LogP contribution in [-0.2, 0) is 14.8 Å². The minimum atomic E-state index is -3.53. The fourth-order valence-electron chi connectivity index (χ4n) is 1.93. The average Bonchev–Trinajstić information content (AvgIpc) is 2.33. The molecule has 100 valence electrons. The van der Waals surface area contributed by atoms with Crippen LogP contribution in [0.1, 0.15) is 12.8 Å². The van der Waals surface area contributed by atoms with E-state index in [2.05, 4.69) is 15.0 Å². The molecule has 2 N–H and O–H groups in total. The molecule has 0 atom stereocenters. The minimum Gasteiger partial charge on any atom is -0.381 e. The zero-order chi connectivity index (χ0) is 13.2. The smallest absolute Gasteiger partial charge is 0.244 e. The van der Waals surface area contributed by atoms with Gasteiger partial charge in [0.1, 0.15) is 10.7 Å². The second kappa shape index (κ2) is 5.21. The molecule has 1 aromatic heterocycles. The Hall–Kier alpha value is -1.18. The molecule has 2 rings (SSSR count). The van der Waals surface area contributed by atoms with Crippen molar-refractivity contribution in [1.29, 1.82) is 0 Å². The molecule has 0 saturated heterocycles. The maximum Gasteiger partial charge on any atom is 0.244 e. The van der Waals surface area contributed by atoms with Crippen molar-refractivity contribution in [2.75, 3.05) is 19.5 Å². The van der Waals surface area contributed by atoms with Crippen LogP contribution in [0.4, 0.5) is 5.82 Å². The zero-order valence-corrected chi connectivity index (χ0v) is 11.2. The van der Waals surface area contributed by atoms with Gasteiger partial charge in [-0.2, -0.15) is 0 Å². The number of hydrogen-bond acceptors (Lipinski definition) is 5. The van der Waals surface area contributed by atoms with E-state index in [0.29, 0.717) is 18.7 Å². The standard InChI is InChI=1S/C11H17N3O3S/c1-12-11-10(4-3-5-13-11)18(15,16)14-8-6-9(7-8)17-2/h3-5,8-9,14H,6-7H2,1-2H3,(H,12,13). The molecule has 0 spiro atoms. The first kappa shape index (κ1) is 13.3. The van der Waals surface area contributed by atoms with Gasteiger partial charge in [0.2, 0.25) is 10.0 Å². The fourth-order valence-corrected chi connectivity index (χ4v) is 3.36. The second-order valence-corrected chi connectivity index (χ2v) is 5.93. The Labute approximate surface area is 107 Å². The average molecular weight is 271 g/mol. The van der Waals surface area contributed by atoms with Crippen molar-refractivity contribution in [3.63, 3.8) is 0 Å². The lowest BCUT2D eigenvalue weighted by atomic mass is 9.90. The van der Waals surface area contributed by atoms with Gasteiger partial charge in [0.05, 0.1) is 6.10 Å². The number of anilines is 1. The van der Waals surface area contributed by atoms with Crippen LogP contribution in [0, 0.1) is 0 Å². The van der Waals surface area contributed by atoms with E-state index in [1.54, 1.807) is 26.4 Å². The summed E-state index contributed by atoms with van der Waals surface area (Å²) in [5.41, 5.74) is 0. The summed E-state index contributed by atoms with van der Waals surface area (Å²) in [5.74, 6) is 0.354. The maximum atomic E-state index is 12.2. The Balaban J connectivity index is 2.11. The molecular weight excluding hydrogens is 254 g/mol. The summed E-state index contributed by atoms with van der Waals surface area (Å²) in [6, 6.07) is 3.09. The Morgan fingerprint density at radius 3 is 2.78 bits per heavy atom. The van der Waals surface area contributed by atoms with Crippen LogP contribution in [0.15, 0.2) is 23.2 Å². The Kier molecular flexibility index (Phi) is 3.84. The van der Waals surface area contributed by atoms with Crippen LogP contribution < -0.4 is 10.0 Å². The largest absolute Gasteiger partial charge is 0.381 e. The zero-order valence-electron chi connectivity index (χ0n) is 10.4. The van der Waals surface area contributed by atoms with Crippen molar-refractivity contribution >= 4 is 15.8 Å². The van der Waals surface area contributed by atoms with Crippen molar-refractivity contribution in [3.05, 3.63) is 18.3 Å². The molecule has 1 heterocycles. The van der Waals surface area contributed by atoms with Crippen molar-refractivity contribution in [3.8, 4) is 0 Å². The van der Waals surface area contributed by atoms with E-state index >= 15 is 0 Å². The molecule has 1 saturated carbocycles. The lowest BCUT2D eigenvalue weighted by Gasteiger charge is -2.34. The van der Waals surface area contributed by atoms with Gasteiger partial charge in [-0.3, -0.25) is 0 Å². The number of aromatic nitrogens is 1. The highest BCUT2D eigenvalue weighted by molar-refractivity contribution is 7.89. The molecule has 1 fully saturated rings. The Morgan fingerprint density at radius 1 is 1.44 bits per heavy atom. The quantitative estimate of drug-likeness (QED) is 0.819. The predicted octanol–water partition coefficient (Wildman–Crippen LogP) is 0.579. The summed E-state index contributed by atoms with van der Waals surface area (Å²) in [5, 5.41) is 2.78. The predicted molar refractivity (Wildman–Crippen MR) is 67.9 cm³/mol. The van der Waals surface area contributed by atoms with Crippen molar-refractivity contribution in [2.45, 2.75) is 29.9 Å². The van der Waals surface area contributed by atoms with Gasteiger partial charge >= 0.3 is 0 Å². The molecular formula is C11H17N3O3S. The van der Waals surface area contributed by atoms with Gasteiger partial charge in [-0.15, -0.1) is 0 Å². The molecule has 0 aliphatic heterocycles. The summed E-state index contributed by atoms with van der Waals surface area (Å²) in [4.78, 5) is 4.17. The molecule has 1 aliphatic carbocycles. The molecule has 0 amide bonds. The number of rotatable bonds is 5. The maximum absolute atomic E-state index is 12.2. The molecule has 1 aliphatic rings. The SMILES string of the molecule is CNc1ncccc1S(=O)(=O)NC1CC(OC)C1. The van der Waals surface area contributed by atoms with Gasteiger partial charge in [-0.1, -0.05) is 0 Å². The molecule has 1 aromatic rings. The number of hydrogen-bond donors (Lipinski definition) is 2. The first-order chi connectivity index (χ1) is 8.56. The van der Waals surface area contributed by atoms with Crippen LogP contribution in [0.25, 0.3) is 0 Å². The first-order valence-corrected chi connectivity index (χ1v) is 7.23. The summed E-state index contributed by atoms with van der Waals surface area (Å²) in [7, 11) is -0.246. The Morgan fingerprint density at radius 2 is 2.17 bits per heavy atom. The van der Waals surface area contributed by atoms with Crippen molar-refractivity contribution in [1.82, 2.24) is 9.71 Å². The van der Waals surface area contributed by atoms with Gasteiger partial charge in [0.15, 0.2) is 0 Å². The van der Waals surface area contributed by atoms with E-state index in [1.165, 1.54) is 6.07 Å². The van der Waals surface area contributed by atoms with Gasteiger partial charge in [0, 0.05) is 26.4 Å². The number of nitrogens with zero attached hydrogens (tertiary/aromatic N) is 1. The monoisotopic (exact) mass is 271 g/mol. The molecule has 0 unspecified atom stereocenters. The molecule has 6 nitrogen and oxygen atoms in total. The summed E-state index contributed by atoms with van der Waals surface area (Å²) < 4.78 is 32.1. The molecule has 0 aromatic carbocycles. The van der Waals surface area contributed by atoms with Gasteiger partial charge in [-0.05, 0) is 25.0 Å². The minimum absolute atomic E-state index is 0.0511. The van der Waals surface area contributed by atoms with E-state index in [-0.39, 0.29) is 17.0 Å². The lowest BCUT2D eigenvalue weighted by Crippen LogP contribution is -2.47. The van der Waals surface area contributed by atoms with Crippen molar-refractivity contribution in [2.24, 2.45) is 0 Å². The summed E-state index contributed by atoms with van der Waals surface area (Å²) in [6.45, 7) is 0. The van der Waals surface area contributed by atoms with Crippen LogP contribution in [0.2, 0.25) is 0 Å². The highest BCUT2D eigenvalue weighted by Crippen LogP contribution is 2.25. The Bertz CT molecular complexity index is 512. The van der Waals surface area contributed by atoms with Crippen LogP contribution in [-0.4, -0.2) is 39.7 Å². The highest BCUT2D eigenvalue weighted by atomic mass is 32.2. The third kappa shape index (κ3) is 2.63. The van der Waals surface area contributed by atoms with Crippen LogP contribution in [0.3, 0.4) is 0 Å². The van der Waals surface area contributed by atoms with E-state index in [0.717, 1.165) is 0 Å². The summed E-state index contributed by atoms with van der Waals surface area (Å²) in [6.07, 6.45) is 3.14. The van der Waals surface area contributed by atoms with E-state index < -0.39 is 10.0 Å². The third-order valence-electron chi connectivity index (χ3n) is 3.05. The van der Waals surface area contributed by atoms with E-state index in [1.807, 2.05) is 0 Å². The molecule has 7 heteroatoms. The number of nitrogens with one attached hydrogen (secondary N) is 2. The van der Waals surface area contributed by atoms with E-state index in [4.69, 9.17) is 4.74 Å². The van der Waals surface area contributed by atoms with Crippen molar-refractivity contribution < 1.29 is 13.2 Å². The van der Waals surface area contributed by atoms with Gasteiger partial charge < -0.3 is 10.1 Å². The van der Waals surface area contributed by atoms with Crippen LogP contribution in [0.5, 0.6) is 0 Å². The molecule has 0 bridgehead atoms. The highest BCUT2D eigenvalue weighted by Gasteiger charge is 2.33. The molecule has 18 heavy (non-hydrogen) atoms. The fraction of sp³-hybridized carbons (Fsp3) is 0.545. The van der Waals surface area contributed by atoms with Gasteiger partial charge in [-0.25, -0.2) is 18.1 Å². The molecule has 0 radical (unpaired) electrons. The summed E-state index contributed by atoms with van der Waals surface area (Å²) >= 11 is 0. The number of methoxy groups -OCH3 is 1. The number of pyridine rings is 1. The normalized spacial score (nSPS) is 23.4. The number of ether oxygens (including phenoxy) is 1. The van der Waals surface area contributed by atoms with Gasteiger partial charge in [0.25, 0.3) is 0 Å². The first-order valence-electron chi connectivity index (χ1n) is 5.74.